The Bertz CT molecular complexity index is 954. The Kier molecular flexibility index (Phi) is 5.97. The molecule has 1 aromatic heterocycles. The largest absolute Gasteiger partial charge is 0.493 e. The van der Waals surface area contributed by atoms with Crippen LogP contribution in [0.15, 0.2) is 59.2 Å². The van der Waals surface area contributed by atoms with E-state index in [4.69, 9.17) is 9.15 Å². The Balaban J connectivity index is 1.74. The molecule has 1 heterocycles. The number of hydrogen-bond donors (Lipinski definition) is 1. The molecule has 0 saturated carbocycles. The maximum atomic E-state index is 12.3. The fourth-order valence-electron chi connectivity index (χ4n) is 3.07. The maximum Gasteiger partial charge on any atom is 0.244 e. The SMILES string of the molecule is CCOc1cc2occ(C)c2cc1/C(C)=C/C(=O)NCCc1ccccc1. The van der Waals surface area contributed by atoms with Crippen molar-refractivity contribution in [2.45, 2.75) is 27.2 Å². The van der Waals surface area contributed by atoms with Gasteiger partial charge in [-0.25, -0.2) is 0 Å². The Hall–Kier alpha value is -3.01. The molecular weight excluding hydrogens is 338 g/mol. The molecule has 1 amide bonds. The van der Waals surface area contributed by atoms with E-state index in [9.17, 15) is 4.79 Å². The molecule has 0 bridgehead atoms. The minimum Gasteiger partial charge on any atom is -0.493 e. The van der Waals surface area contributed by atoms with Gasteiger partial charge in [0.2, 0.25) is 5.91 Å². The Morgan fingerprint density at radius 2 is 2.00 bits per heavy atom. The summed E-state index contributed by atoms with van der Waals surface area (Å²) in [4.78, 5) is 12.3. The fourth-order valence-corrected chi connectivity index (χ4v) is 3.07. The van der Waals surface area contributed by atoms with Crippen molar-refractivity contribution in [3.63, 3.8) is 0 Å². The monoisotopic (exact) mass is 363 g/mol. The summed E-state index contributed by atoms with van der Waals surface area (Å²) >= 11 is 0. The van der Waals surface area contributed by atoms with Gasteiger partial charge in [0.25, 0.3) is 0 Å². The molecule has 27 heavy (non-hydrogen) atoms. The third-order valence-electron chi connectivity index (χ3n) is 4.50. The van der Waals surface area contributed by atoms with Gasteiger partial charge in [-0.15, -0.1) is 0 Å². The number of carbonyl (C=O) groups excluding carboxylic acids is 1. The number of carbonyl (C=O) groups is 1. The molecule has 3 aromatic rings. The highest BCUT2D eigenvalue weighted by Gasteiger charge is 2.12. The molecule has 2 aromatic carbocycles. The lowest BCUT2D eigenvalue weighted by molar-refractivity contribution is -0.116. The van der Waals surface area contributed by atoms with Crippen molar-refractivity contribution in [2.75, 3.05) is 13.2 Å². The molecule has 0 saturated heterocycles. The van der Waals surface area contributed by atoms with Crippen LogP contribution >= 0.6 is 0 Å². The van der Waals surface area contributed by atoms with Crippen LogP contribution in [0.2, 0.25) is 0 Å². The van der Waals surface area contributed by atoms with E-state index in [0.717, 1.165) is 39.8 Å². The van der Waals surface area contributed by atoms with E-state index in [1.807, 2.05) is 51.1 Å². The molecule has 0 aliphatic heterocycles. The van der Waals surface area contributed by atoms with Crippen LogP contribution in [0.25, 0.3) is 16.5 Å². The van der Waals surface area contributed by atoms with Gasteiger partial charge in [0.15, 0.2) is 0 Å². The second-order valence-corrected chi connectivity index (χ2v) is 6.55. The number of allylic oxidation sites excluding steroid dienone is 1. The van der Waals surface area contributed by atoms with Gasteiger partial charge in [-0.2, -0.15) is 0 Å². The van der Waals surface area contributed by atoms with Crippen molar-refractivity contribution in [2.24, 2.45) is 0 Å². The number of amides is 1. The zero-order valence-corrected chi connectivity index (χ0v) is 16.0. The molecule has 0 fully saturated rings. The van der Waals surface area contributed by atoms with E-state index in [1.165, 1.54) is 5.56 Å². The third-order valence-corrected chi connectivity index (χ3v) is 4.50. The van der Waals surface area contributed by atoms with Gasteiger partial charge in [-0.1, -0.05) is 30.3 Å². The Morgan fingerprint density at radius 1 is 1.22 bits per heavy atom. The van der Waals surface area contributed by atoms with E-state index >= 15 is 0 Å². The summed E-state index contributed by atoms with van der Waals surface area (Å²) in [6, 6.07) is 14.0. The average molecular weight is 363 g/mol. The van der Waals surface area contributed by atoms with Crippen LogP contribution in [0.1, 0.15) is 30.5 Å². The molecule has 4 nitrogen and oxygen atoms in total. The molecule has 140 valence electrons. The summed E-state index contributed by atoms with van der Waals surface area (Å²) in [5.41, 5.74) is 4.83. The molecule has 0 atom stereocenters. The molecule has 0 aliphatic carbocycles. The predicted octanol–water partition coefficient (Wildman–Crippen LogP) is 4.90. The highest BCUT2D eigenvalue weighted by Crippen LogP contribution is 2.33. The first-order valence-corrected chi connectivity index (χ1v) is 9.23. The van der Waals surface area contributed by atoms with E-state index in [0.29, 0.717) is 13.2 Å². The zero-order valence-electron chi connectivity index (χ0n) is 16.0. The van der Waals surface area contributed by atoms with Crippen molar-refractivity contribution < 1.29 is 13.9 Å². The number of rotatable bonds is 7. The second kappa shape index (κ2) is 8.58. The standard InChI is InChI=1S/C23H25NO3/c1-4-26-21-14-22-20(17(3)15-27-22)13-19(21)16(2)12-23(25)24-11-10-18-8-6-5-7-9-18/h5-9,12-15H,4,10-11H2,1-3H3,(H,24,25)/b16-12+. The van der Waals surface area contributed by atoms with Crippen LogP contribution in [-0.4, -0.2) is 19.1 Å². The van der Waals surface area contributed by atoms with Gasteiger partial charge in [0, 0.05) is 29.6 Å². The number of nitrogens with one attached hydrogen (secondary N) is 1. The van der Waals surface area contributed by atoms with Crippen molar-refractivity contribution in [1.29, 1.82) is 0 Å². The van der Waals surface area contributed by atoms with Crippen LogP contribution in [0.4, 0.5) is 0 Å². The minimum absolute atomic E-state index is 0.102. The lowest BCUT2D eigenvalue weighted by Gasteiger charge is -2.11. The summed E-state index contributed by atoms with van der Waals surface area (Å²) in [5, 5.41) is 3.99. The number of ether oxygens (including phenoxy) is 1. The molecule has 4 heteroatoms. The van der Waals surface area contributed by atoms with Crippen LogP contribution in [0.5, 0.6) is 5.75 Å². The molecule has 0 radical (unpaired) electrons. The number of furan rings is 1. The summed E-state index contributed by atoms with van der Waals surface area (Å²) in [7, 11) is 0. The zero-order chi connectivity index (χ0) is 19.2. The van der Waals surface area contributed by atoms with Gasteiger partial charge >= 0.3 is 0 Å². The van der Waals surface area contributed by atoms with E-state index in [2.05, 4.69) is 17.4 Å². The Morgan fingerprint density at radius 3 is 2.74 bits per heavy atom. The third kappa shape index (κ3) is 4.59. The highest BCUT2D eigenvalue weighted by atomic mass is 16.5. The molecule has 3 rings (SSSR count). The molecule has 1 N–H and O–H groups in total. The normalized spacial score (nSPS) is 11.6. The van der Waals surface area contributed by atoms with E-state index < -0.39 is 0 Å². The van der Waals surface area contributed by atoms with Gasteiger partial charge < -0.3 is 14.5 Å². The second-order valence-electron chi connectivity index (χ2n) is 6.55. The average Bonchev–Trinajstić information content (AvgIpc) is 3.02. The summed E-state index contributed by atoms with van der Waals surface area (Å²) < 4.78 is 11.3. The molecule has 0 spiro atoms. The van der Waals surface area contributed by atoms with Crippen molar-refractivity contribution >= 4 is 22.4 Å². The molecule has 0 unspecified atom stereocenters. The summed E-state index contributed by atoms with van der Waals surface area (Å²) in [6.45, 7) is 7.03. The first-order chi connectivity index (χ1) is 13.1. The van der Waals surface area contributed by atoms with Crippen molar-refractivity contribution in [3.8, 4) is 5.75 Å². The van der Waals surface area contributed by atoms with Gasteiger partial charge in [0.05, 0.1) is 12.9 Å². The van der Waals surface area contributed by atoms with Gasteiger partial charge in [-0.05, 0) is 50.0 Å². The van der Waals surface area contributed by atoms with Gasteiger partial charge in [0.1, 0.15) is 11.3 Å². The van der Waals surface area contributed by atoms with Crippen LogP contribution in [0, 0.1) is 6.92 Å². The molecular formula is C23H25NO3. The van der Waals surface area contributed by atoms with Crippen LogP contribution < -0.4 is 10.1 Å². The molecule has 0 aliphatic rings. The number of benzene rings is 2. The first-order valence-electron chi connectivity index (χ1n) is 9.23. The topological polar surface area (TPSA) is 51.5 Å². The highest BCUT2D eigenvalue weighted by molar-refractivity contribution is 5.97. The smallest absolute Gasteiger partial charge is 0.244 e. The minimum atomic E-state index is -0.102. The van der Waals surface area contributed by atoms with Gasteiger partial charge in [-0.3, -0.25) is 4.79 Å². The van der Waals surface area contributed by atoms with Crippen LogP contribution in [-0.2, 0) is 11.2 Å². The first kappa shape index (κ1) is 18.8. The number of aryl methyl sites for hydroxylation is 1. The van der Waals surface area contributed by atoms with E-state index in [-0.39, 0.29) is 5.91 Å². The number of fused-ring (bicyclic) bond motifs is 1. The lowest BCUT2D eigenvalue weighted by Crippen LogP contribution is -2.23. The summed E-state index contributed by atoms with van der Waals surface area (Å²) in [5.74, 6) is 0.625. The summed E-state index contributed by atoms with van der Waals surface area (Å²) in [6.07, 6.45) is 4.17. The maximum absolute atomic E-state index is 12.3. The van der Waals surface area contributed by atoms with Crippen LogP contribution in [0.3, 0.4) is 0 Å². The quantitative estimate of drug-likeness (QED) is 0.607. The van der Waals surface area contributed by atoms with Crippen molar-refractivity contribution in [1.82, 2.24) is 5.32 Å². The fraction of sp³-hybridized carbons (Fsp3) is 0.261. The predicted molar refractivity (Wildman–Crippen MR) is 109 cm³/mol. The number of hydrogen-bond acceptors (Lipinski definition) is 3. The van der Waals surface area contributed by atoms with E-state index in [1.54, 1.807) is 12.3 Å². The van der Waals surface area contributed by atoms with Crippen molar-refractivity contribution in [3.05, 3.63) is 71.5 Å². The Labute approximate surface area is 159 Å². The lowest BCUT2D eigenvalue weighted by atomic mass is 10.0.